The lowest BCUT2D eigenvalue weighted by Crippen LogP contribution is -2.30. The number of hydrogen-bond acceptors (Lipinski definition) is 3. The number of carbonyl (C=O) groups is 2. The molecule has 2 aromatic rings. The van der Waals surface area contributed by atoms with Crippen LogP contribution in [0.1, 0.15) is 16.2 Å². The van der Waals surface area contributed by atoms with E-state index >= 15 is 0 Å². The number of aromatic nitrogens is 2. The number of carbonyl (C=O) groups excluding carboxylic acids is 2. The summed E-state index contributed by atoms with van der Waals surface area (Å²) in [6.45, 7) is 0.289. The quantitative estimate of drug-likeness (QED) is 0.794. The largest absolute Gasteiger partial charge is 0.337 e. The molecule has 0 saturated carbocycles. The zero-order valence-corrected chi connectivity index (χ0v) is 11.7. The van der Waals surface area contributed by atoms with E-state index in [0.717, 1.165) is 10.3 Å². The van der Waals surface area contributed by atoms with Crippen molar-refractivity contribution in [2.24, 2.45) is 7.05 Å². The van der Waals surface area contributed by atoms with Gasteiger partial charge in [-0.1, -0.05) is 15.9 Å². The Morgan fingerprint density at radius 2 is 2.11 bits per heavy atom. The lowest BCUT2D eigenvalue weighted by molar-refractivity contribution is -0.114. The van der Waals surface area contributed by atoms with E-state index in [0.29, 0.717) is 11.3 Å². The smallest absolute Gasteiger partial charge is 0.299 e. The molecule has 0 aliphatic carbocycles. The monoisotopic (exact) mass is 319 g/mol. The second kappa shape index (κ2) is 4.31. The molecule has 1 aliphatic rings. The minimum absolute atomic E-state index is 0.289. The predicted octanol–water partition coefficient (Wildman–Crippen LogP) is 1.91. The summed E-state index contributed by atoms with van der Waals surface area (Å²) in [4.78, 5) is 29.6. The van der Waals surface area contributed by atoms with Crippen LogP contribution >= 0.6 is 15.9 Å². The number of aryl methyl sites for hydroxylation is 1. The Bertz CT molecular complexity index is 693. The first-order valence-corrected chi connectivity index (χ1v) is 6.49. The van der Waals surface area contributed by atoms with Crippen LogP contribution < -0.4 is 4.90 Å². The molecule has 1 aliphatic heterocycles. The summed E-state index contributed by atoms with van der Waals surface area (Å²) in [6.07, 6.45) is 3.47. The topological polar surface area (TPSA) is 55.2 Å². The van der Waals surface area contributed by atoms with Gasteiger partial charge in [0.25, 0.3) is 11.7 Å². The Kier molecular flexibility index (Phi) is 2.74. The summed E-state index contributed by atoms with van der Waals surface area (Å²) in [5.74, 6) is -0.234. The van der Waals surface area contributed by atoms with E-state index in [1.54, 1.807) is 30.6 Å². The van der Waals surface area contributed by atoms with Crippen LogP contribution in [0.5, 0.6) is 0 Å². The fourth-order valence-electron chi connectivity index (χ4n) is 2.11. The number of imidazole rings is 1. The van der Waals surface area contributed by atoms with Gasteiger partial charge in [0.15, 0.2) is 0 Å². The van der Waals surface area contributed by atoms with Crippen LogP contribution in [0.15, 0.2) is 35.1 Å². The lowest BCUT2D eigenvalue weighted by atomic mass is 10.1. The third kappa shape index (κ3) is 1.88. The van der Waals surface area contributed by atoms with Crippen LogP contribution in [0, 0.1) is 0 Å². The Labute approximate surface area is 118 Å². The first-order chi connectivity index (χ1) is 9.08. The van der Waals surface area contributed by atoms with Crippen molar-refractivity contribution in [3.63, 3.8) is 0 Å². The van der Waals surface area contributed by atoms with E-state index in [4.69, 9.17) is 0 Å². The van der Waals surface area contributed by atoms with Gasteiger partial charge in [-0.3, -0.25) is 14.5 Å². The molecule has 19 heavy (non-hydrogen) atoms. The van der Waals surface area contributed by atoms with Crippen molar-refractivity contribution in [1.29, 1.82) is 0 Å². The first kappa shape index (κ1) is 12.1. The second-order valence-electron chi connectivity index (χ2n) is 4.34. The summed E-state index contributed by atoms with van der Waals surface area (Å²) in [5, 5.41) is 0. The van der Waals surface area contributed by atoms with Gasteiger partial charge in [-0.25, -0.2) is 4.98 Å². The number of hydrogen-bond donors (Lipinski definition) is 0. The van der Waals surface area contributed by atoms with Crippen molar-refractivity contribution in [2.75, 3.05) is 4.90 Å². The standard InChI is InChI=1S/C13H10BrN3O2/c1-16-5-4-15-11(16)7-17-10-6-8(14)2-3-9(10)12(18)13(17)19/h2-6H,7H2,1H3. The maximum atomic E-state index is 12.0. The van der Waals surface area contributed by atoms with Crippen LogP contribution in [-0.4, -0.2) is 21.2 Å². The van der Waals surface area contributed by atoms with Crippen LogP contribution in [0.3, 0.4) is 0 Å². The molecule has 5 nitrogen and oxygen atoms in total. The van der Waals surface area contributed by atoms with Crippen molar-refractivity contribution in [1.82, 2.24) is 9.55 Å². The summed E-state index contributed by atoms with van der Waals surface area (Å²) < 4.78 is 2.66. The third-order valence-electron chi connectivity index (χ3n) is 3.16. The number of rotatable bonds is 2. The Balaban J connectivity index is 2.04. The minimum atomic E-state index is -0.504. The Morgan fingerprint density at radius 3 is 2.79 bits per heavy atom. The number of fused-ring (bicyclic) bond motifs is 1. The minimum Gasteiger partial charge on any atom is -0.337 e. The van der Waals surface area contributed by atoms with Gasteiger partial charge < -0.3 is 4.57 Å². The first-order valence-electron chi connectivity index (χ1n) is 5.70. The van der Waals surface area contributed by atoms with Gasteiger partial charge in [0.1, 0.15) is 5.82 Å². The molecule has 0 unspecified atom stereocenters. The Hall–Kier alpha value is -1.95. The molecule has 1 aromatic heterocycles. The fraction of sp³-hybridized carbons (Fsp3) is 0.154. The van der Waals surface area contributed by atoms with Crippen molar-refractivity contribution >= 4 is 33.3 Å². The van der Waals surface area contributed by atoms with E-state index in [2.05, 4.69) is 20.9 Å². The fourth-order valence-corrected chi connectivity index (χ4v) is 2.46. The predicted molar refractivity (Wildman–Crippen MR) is 72.9 cm³/mol. The summed E-state index contributed by atoms with van der Waals surface area (Å²) in [5.41, 5.74) is 1.08. The molecular weight excluding hydrogens is 310 g/mol. The molecule has 0 bridgehead atoms. The maximum absolute atomic E-state index is 12.0. The highest BCUT2D eigenvalue weighted by Crippen LogP contribution is 2.32. The number of ketones is 1. The van der Waals surface area contributed by atoms with Crippen LogP contribution in [0.4, 0.5) is 5.69 Å². The van der Waals surface area contributed by atoms with Gasteiger partial charge in [0, 0.05) is 23.9 Å². The average Bonchev–Trinajstić information content (AvgIpc) is 2.88. The molecule has 0 atom stereocenters. The van der Waals surface area contributed by atoms with E-state index in [9.17, 15) is 9.59 Å². The number of nitrogens with zero attached hydrogens (tertiary/aromatic N) is 3. The summed E-state index contributed by atoms with van der Waals surface area (Å²) >= 11 is 3.35. The third-order valence-corrected chi connectivity index (χ3v) is 3.65. The van der Waals surface area contributed by atoms with Gasteiger partial charge in [0.2, 0.25) is 0 Å². The number of Topliss-reactive ketones (excluding diaryl/α,β-unsaturated/α-hetero) is 1. The van der Waals surface area contributed by atoms with Crippen molar-refractivity contribution in [2.45, 2.75) is 6.54 Å². The van der Waals surface area contributed by atoms with Gasteiger partial charge >= 0.3 is 0 Å². The highest BCUT2D eigenvalue weighted by atomic mass is 79.9. The summed E-state index contributed by atoms with van der Waals surface area (Å²) in [7, 11) is 1.85. The summed E-state index contributed by atoms with van der Waals surface area (Å²) in [6, 6.07) is 5.20. The number of halogens is 1. The number of amides is 1. The molecule has 6 heteroatoms. The molecule has 0 N–H and O–H groups in total. The highest BCUT2D eigenvalue weighted by molar-refractivity contribution is 9.10. The average molecular weight is 320 g/mol. The normalized spacial score (nSPS) is 14.1. The molecule has 96 valence electrons. The lowest BCUT2D eigenvalue weighted by Gasteiger charge is -2.16. The molecule has 1 amide bonds. The van der Waals surface area contributed by atoms with E-state index in [1.165, 1.54) is 4.90 Å². The van der Waals surface area contributed by atoms with Gasteiger partial charge in [-0.05, 0) is 18.2 Å². The van der Waals surface area contributed by atoms with Gasteiger partial charge in [-0.2, -0.15) is 0 Å². The van der Waals surface area contributed by atoms with Gasteiger partial charge in [0.05, 0.1) is 17.8 Å². The van der Waals surface area contributed by atoms with Gasteiger partial charge in [-0.15, -0.1) is 0 Å². The molecule has 3 rings (SSSR count). The Morgan fingerprint density at radius 1 is 1.32 bits per heavy atom. The molecule has 0 spiro atoms. The van der Waals surface area contributed by atoms with Crippen molar-refractivity contribution in [3.8, 4) is 0 Å². The number of anilines is 1. The van der Waals surface area contributed by atoms with Crippen molar-refractivity contribution in [3.05, 3.63) is 46.5 Å². The number of benzene rings is 1. The second-order valence-corrected chi connectivity index (χ2v) is 5.25. The molecular formula is C13H10BrN3O2. The molecule has 0 fully saturated rings. The van der Waals surface area contributed by atoms with Crippen LogP contribution in [-0.2, 0) is 18.4 Å². The molecule has 1 aromatic carbocycles. The van der Waals surface area contributed by atoms with Crippen LogP contribution in [0.2, 0.25) is 0 Å². The molecule has 0 saturated heterocycles. The van der Waals surface area contributed by atoms with E-state index < -0.39 is 11.7 Å². The maximum Gasteiger partial charge on any atom is 0.299 e. The molecule has 2 heterocycles. The zero-order valence-electron chi connectivity index (χ0n) is 10.1. The van der Waals surface area contributed by atoms with E-state index in [1.807, 2.05) is 11.6 Å². The molecule has 0 radical (unpaired) electrons. The zero-order chi connectivity index (χ0) is 13.6. The SMILES string of the molecule is Cn1ccnc1CN1C(=O)C(=O)c2ccc(Br)cc21. The van der Waals surface area contributed by atoms with Crippen molar-refractivity contribution < 1.29 is 9.59 Å². The van der Waals surface area contributed by atoms with E-state index in [-0.39, 0.29) is 6.54 Å². The van der Waals surface area contributed by atoms with Crippen LogP contribution in [0.25, 0.3) is 0 Å². The highest BCUT2D eigenvalue weighted by Gasteiger charge is 2.36.